The van der Waals surface area contributed by atoms with Crippen LogP contribution < -0.4 is 5.32 Å². The highest BCUT2D eigenvalue weighted by Gasteiger charge is 2.53. The van der Waals surface area contributed by atoms with Crippen LogP contribution in [0.4, 0.5) is 4.39 Å². The molecule has 1 aromatic carbocycles. The molecule has 1 saturated heterocycles. The van der Waals surface area contributed by atoms with Gasteiger partial charge in [-0.3, -0.25) is 9.59 Å². The Morgan fingerprint density at radius 2 is 2.19 bits per heavy atom. The van der Waals surface area contributed by atoms with E-state index in [4.69, 9.17) is 4.74 Å². The lowest BCUT2D eigenvalue weighted by Gasteiger charge is -2.27. The lowest BCUT2D eigenvalue weighted by Crippen LogP contribution is -2.42. The molecule has 1 saturated carbocycles. The van der Waals surface area contributed by atoms with Crippen molar-refractivity contribution in [1.29, 1.82) is 0 Å². The summed E-state index contributed by atoms with van der Waals surface area (Å²) in [4.78, 5) is 24.4. The Morgan fingerprint density at radius 1 is 1.38 bits per heavy atom. The molecular weight excluding hydrogens is 337 g/mol. The number of hydrogen-bond acceptors (Lipinski definition) is 4. The molecule has 2 aliphatic rings. The average molecular weight is 357 g/mol. The summed E-state index contributed by atoms with van der Waals surface area (Å²) in [5, 5.41) is 7.10. The molecule has 1 aromatic heterocycles. The molecule has 1 spiro atoms. The number of halogens is 1. The maximum absolute atomic E-state index is 13.3. The number of hydrogen-bond donors (Lipinski definition) is 1. The van der Waals surface area contributed by atoms with Crippen molar-refractivity contribution in [2.24, 2.45) is 5.92 Å². The Hall–Kier alpha value is -2.70. The van der Waals surface area contributed by atoms with Gasteiger partial charge in [-0.15, -0.1) is 0 Å². The van der Waals surface area contributed by atoms with Crippen molar-refractivity contribution in [2.75, 3.05) is 0 Å². The van der Waals surface area contributed by atoms with Gasteiger partial charge in [0.2, 0.25) is 5.91 Å². The first-order valence-corrected chi connectivity index (χ1v) is 8.85. The van der Waals surface area contributed by atoms with E-state index in [0.29, 0.717) is 12.2 Å². The number of ether oxygens (including phenoxy) is 1. The van der Waals surface area contributed by atoms with Crippen LogP contribution in [-0.4, -0.2) is 27.3 Å². The van der Waals surface area contributed by atoms with Crippen LogP contribution in [0, 0.1) is 11.7 Å². The monoisotopic (exact) mass is 357 g/mol. The number of benzene rings is 1. The summed E-state index contributed by atoms with van der Waals surface area (Å²) in [7, 11) is 0. The van der Waals surface area contributed by atoms with Gasteiger partial charge in [0.25, 0.3) is 0 Å². The molecule has 1 aliphatic heterocycles. The van der Waals surface area contributed by atoms with Crippen LogP contribution in [0.5, 0.6) is 0 Å². The van der Waals surface area contributed by atoms with Crippen LogP contribution in [-0.2, 0) is 20.9 Å². The SMILES string of the molecule is O=C1CC(C(=O)NCc2cnn(-c3cccc(F)c3)c2)C2(CCCC2)O1. The second kappa shape index (κ2) is 6.55. The normalized spacial score (nSPS) is 21.1. The highest BCUT2D eigenvalue weighted by atomic mass is 19.1. The molecule has 0 radical (unpaired) electrons. The van der Waals surface area contributed by atoms with Crippen molar-refractivity contribution in [3.8, 4) is 5.69 Å². The summed E-state index contributed by atoms with van der Waals surface area (Å²) in [6, 6.07) is 6.13. The average Bonchev–Trinajstić information content (AvgIpc) is 3.34. The van der Waals surface area contributed by atoms with E-state index in [2.05, 4.69) is 10.4 Å². The van der Waals surface area contributed by atoms with Crippen LogP contribution in [0.3, 0.4) is 0 Å². The smallest absolute Gasteiger partial charge is 0.307 e. The predicted octanol–water partition coefficient (Wildman–Crippen LogP) is 2.50. The van der Waals surface area contributed by atoms with Crippen molar-refractivity contribution in [2.45, 2.75) is 44.2 Å². The second-order valence-corrected chi connectivity index (χ2v) is 6.99. The minimum Gasteiger partial charge on any atom is -0.458 e. The van der Waals surface area contributed by atoms with E-state index in [1.165, 1.54) is 12.1 Å². The molecule has 1 amide bonds. The maximum atomic E-state index is 13.3. The van der Waals surface area contributed by atoms with Crippen LogP contribution in [0.1, 0.15) is 37.7 Å². The van der Waals surface area contributed by atoms with Gasteiger partial charge in [0, 0.05) is 18.3 Å². The van der Waals surface area contributed by atoms with Gasteiger partial charge in [0.15, 0.2) is 0 Å². The van der Waals surface area contributed by atoms with Crippen molar-refractivity contribution < 1.29 is 18.7 Å². The number of esters is 1. The van der Waals surface area contributed by atoms with E-state index in [1.54, 1.807) is 29.2 Å². The van der Waals surface area contributed by atoms with Crippen molar-refractivity contribution in [3.63, 3.8) is 0 Å². The molecule has 1 unspecified atom stereocenters. The van der Waals surface area contributed by atoms with Gasteiger partial charge in [0.05, 0.1) is 24.2 Å². The van der Waals surface area contributed by atoms with Crippen molar-refractivity contribution >= 4 is 11.9 Å². The third kappa shape index (κ3) is 3.09. The molecule has 26 heavy (non-hydrogen) atoms. The van der Waals surface area contributed by atoms with Gasteiger partial charge in [0.1, 0.15) is 11.4 Å². The molecule has 6 nitrogen and oxygen atoms in total. The van der Waals surface area contributed by atoms with Crippen molar-refractivity contribution in [3.05, 3.63) is 48.0 Å². The lowest BCUT2D eigenvalue weighted by atomic mass is 9.85. The number of carbonyl (C=O) groups is 2. The third-order valence-electron chi connectivity index (χ3n) is 5.26. The fraction of sp³-hybridized carbons (Fsp3) is 0.421. The fourth-order valence-electron chi connectivity index (χ4n) is 3.97. The van der Waals surface area contributed by atoms with E-state index in [-0.39, 0.29) is 24.1 Å². The highest BCUT2D eigenvalue weighted by Crippen LogP contribution is 2.45. The highest BCUT2D eigenvalue weighted by molar-refractivity contribution is 5.87. The van der Waals surface area contributed by atoms with Gasteiger partial charge < -0.3 is 10.1 Å². The molecule has 2 fully saturated rings. The van der Waals surface area contributed by atoms with Crippen LogP contribution in [0.15, 0.2) is 36.7 Å². The predicted molar refractivity (Wildman–Crippen MR) is 90.8 cm³/mol. The largest absolute Gasteiger partial charge is 0.458 e. The first kappa shape index (κ1) is 16.8. The Kier molecular flexibility index (Phi) is 4.22. The zero-order valence-electron chi connectivity index (χ0n) is 14.3. The van der Waals surface area contributed by atoms with Gasteiger partial charge in [-0.05, 0) is 43.9 Å². The number of carbonyl (C=O) groups excluding carboxylic acids is 2. The summed E-state index contributed by atoms with van der Waals surface area (Å²) in [6.45, 7) is 0.301. The minimum absolute atomic E-state index is 0.147. The third-order valence-corrected chi connectivity index (χ3v) is 5.26. The molecule has 7 heteroatoms. The standard InChI is InChI=1S/C19H20FN3O3/c20-14-4-3-5-15(8-14)23-12-13(11-22-23)10-21-18(25)16-9-17(24)26-19(16)6-1-2-7-19/h3-5,8,11-12,16H,1-2,6-7,9-10H2,(H,21,25). The fourth-order valence-corrected chi connectivity index (χ4v) is 3.97. The molecular formula is C19H20FN3O3. The summed E-state index contributed by atoms with van der Waals surface area (Å²) in [6.07, 6.45) is 7.01. The summed E-state index contributed by atoms with van der Waals surface area (Å²) in [5.74, 6) is -1.20. The minimum atomic E-state index is -0.604. The molecule has 2 heterocycles. The summed E-state index contributed by atoms with van der Waals surface area (Å²) >= 11 is 0. The Morgan fingerprint density at radius 3 is 2.96 bits per heavy atom. The number of nitrogens with one attached hydrogen (secondary N) is 1. The Labute approximate surface area is 150 Å². The van der Waals surface area contributed by atoms with Gasteiger partial charge >= 0.3 is 5.97 Å². The van der Waals surface area contributed by atoms with Crippen molar-refractivity contribution in [1.82, 2.24) is 15.1 Å². The van der Waals surface area contributed by atoms with Gasteiger partial charge in [-0.2, -0.15) is 5.10 Å². The topological polar surface area (TPSA) is 73.2 Å². The van der Waals surface area contributed by atoms with Gasteiger partial charge in [-0.25, -0.2) is 9.07 Å². The lowest BCUT2D eigenvalue weighted by molar-refractivity contribution is -0.149. The molecule has 1 N–H and O–H groups in total. The Balaban J connectivity index is 1.41. The number of nitrogens with zero attached hydrogens (tertiary/aromatic N) is 2. The van der Waals surface area contributed by atoms with E-state index in [0.717, 1.165) is 31.2 Å². The number of rotatable bonds is 4. The van der Waals surface area contributed by atoms with Crippen LogP contribution in [0.25, 0.3) is 5.69 Å². The molecule has 136 valence electrons. The summed E-state index contributed by atoms with van der Waals surface area (Å²) < 4.78 is 20.4. The zero-order chi connectivity index (χ0) is 18.1. The van der Waals surface area contributed by atoms with Gasteiger partial charge in [-0.1, -0.05) is 6.07 Å². The van der Waals surface area contributed by atoms with E-state index in [1.807, 2.05) is 0 Å². The zero-order valence-corrected chi connectivity index (χ0v) is 14.3. The Bertz CT molecular complexity index is 842. The molecule has 4 rings (SSSR count). The molecule has 1 atom stereocenters. The van der Waals surface area contributed by atoms with Crippen LogP contribution in [0.2, 0.25) is 0 Å². The number of aromatic nitrogens is 2. The quantitative estimate of drug-likeness (QED) is 0.854. The first-order valence-electron chi connectivity index (χ1n) is 8.85. The van der Waals surface area contributed by atoms with E-state index in [9.17, 15) is 14.0 Å². The van der Waals surface area contributed by atoms with Crippen LogP contribution >= 0.6 is 0 Å². The summed E-state index contributed by atoms with van der Waals surface area (Å²) in [5.41, 5.74) is 0.808. The second-order valence-electron chi connectivity index (χ2n) is 6.99. The first-order chi connectivity index (χ1) is 12.6. The molecule has 2 aromatic rings. The molecule has 1 aliphatic carbocycles. The van der Waals surface area contributed by atoms with E-state index < -0.39 is 11.5 Å². The maximum Gasteiger partial charge on any atom is 0.307 e. The van der Waals surface area contributed by atoms with E-state index >= 15 is 0 Å². The molecule has 0 bridgehead atoms. The number of amides is 1.